The van der Waals surface area contributed by atoms with Crippen LogP contribution in [0.15, 0.2) is 42.5 Å². The third-order valence-electron chi connectivity index (χ3n) is 3.03. The van der Waals surface area contributed by atoms with Crippen LogP contribution in [0.2, 0.25) is 0 Å². The lowest BCUT2D eigenvalue weighted by Gasteiger charge is -2.08. The molecule has 0 spiro atoms. The van der Waals surface area contributed by atoms with Gasteiger partial charge in [0.15, 0.2) is 0 Å². The van der Waals surface area contributed by atoms with Gasteiger partial charge in [-0.05, 0) is 29.7 Å². The molecule has 2 aromatic carbocycles. The van der Waals surface area contributed by atoms with Crippen molar-refractivity contribution in [3.63, 3.8) is 0 Å². The van der Waals surface area contributed by atoms with Gasteiger partial charge in [-0.25, -0.2) is 13.6 Å². The zero-order valence-corrected chi connectivity index (χ0v) is 11.8. The van der Waals surface area contributed by atoms with Gasteiger partial charge in [0.2, 0.25) is 0 Å². The molecule has 2 amide bonds. The molecule has 0 radical (unpaired) electrons. The lowest BCUT2D eigenvalue weighted by atomic mass is 10.1. The van der Waals surface area contributed by atoms with Crippen molar-refractivity contribution in [2.45, 2.75) is 13.0 Å². The third kappa shape index (κ3) is 4.82. The first-order chi connectivity index (χ1) is 10.6. The Morgan fingerprint density at radius 3 is 2.18 bits per heavy atom. The number of hydrogen-bond acceptors (Lipinski definition) is 2. The van der Waals surface area contributed by atoms with Crippen molar-refractivity contribution in [2.75, 3.05) is 11.9 Å². The van der Waals surface area contributed by atoms with Crippen molar-refractivity contribution < 1.29 is 18.7 Å². The Labute approximate surface area is 126 Å². The fourth-order valence-corrected chi connectivity index (χ4v) is 1.93. The Morgan fingerprint density at radius 1 is 1.00 bits per heavy atom. The number of halogens is 2. The van der Waals surface area contributed by atoms with E-state index in [-0.39, 0.29) is 12.3 Å². The molecule has 0 aliphatic rings. The van der Waals surface area contributed by atoms with E-state index in [0.29, 0.717) is 13.0 Å². The lowest BCUT2D eigenvalue weighted by Crippen LogP contribution is -2.30. The van der Waals surface area contributed by atoms with Crippen molar-refractivity contribution >= 4 is 11.7 Å². The standard InChI is InChI=1S/C16H16F2N2O2/c17-13-7-14(18)9-15(8-13)20-16(22)19-6-5-11-1-3-12(10-21)4-2-11/h1-4,7-9,21H,5-6,10H2,(H2,19,20,22). The van der Waals surface area contributed by atoms with E-state index in [2.05, 4.69) is 10.6 Å². The largest absolute Gasteiger partial charge is 0.392 e. The topological polar surface area (TPSA) is 61.4 Å². The summed E-state index contributed by atoms with van der Waals surface area (Å²) >= 11 is 0. The van der Waals surface area contributed by atoms with Gasteiger partial charge in [-0.2, -0.15) is 0 Å². The average Bonchev–Trinajstić information content (AvgIpc) is 2.47. The molecule has 0 heterocycles. The molecule has 0 saturated heterocycles. The molecule has 2 rings (SSSR count). The van der Waals surface area contributed by atoms with Gasteiger partial charge in [0.25, 0.3) is 0 Å². The molecule has 0 aromatic heterocycles. The summed E-state index contributed by atoms with van der Waals surface area (Å²) < 4.78 is 26.0. The van der Waals surface area contributed by atoms with Crippen molar-refractivity contribution in [3.8, 4) is 0 Å². The number of anilines is 1. The number of urea groups is 1. The van der Waals surface area contributed by atoms with Crippen LogP contribution in [0.1, 0.15) is 11.1 Å². The van der Waals surface area contributed by atoms with Crippen LogP contribution in [0.3, 0.4) is 0 Å². The van der Waals surface area contributed by atoms with Crippen LogP contribution < -0.4 is 10.6 Å². The van der Waals surface area contributed by atoms with E-state index in [4.69, 9.17) is 5.11 Å². The second-order valence-electron chi connectivity index (χ2n) is 4.76. The molecule has 0 saturated carbocycles. The maximum Gasteiger partial charge on any atom is 0.319 e. The van der Waals surface area contributed by atoms with E-state index >= 15 is 0 Å². The summed E-state index contributed by atoms with van der Waals surface area (Å²) in [5.41, 5.74) is 1.89. The zero-order chi connectivity index (χ0) is 15.9. The van der Waals surface area contributed by atoms with E-state index in [1.165, 1.54) is 0 Å². The molecule has 0 aliphatic carbocycles. The highest BCUT2D eigenvalue weighted by atomic mass is 19.1. The molecule has 0 bridgehead atoms. The van der Waals surface area contributed by atoms with Crippen LogP contribution in [0.25, 0.3) is 0 Å². The number of carbonyl (C=O) groups excluding carboxylic acids is 1. The van der Waals surface area contributed by atoms with E-state index in [1.54, 1.807) is 0 Å². The van der Waals surface area contributed by atoms with Crippen molar-refractivity contribution in [1.29, 1.82) is 0 Å². The Morgan fingerprint density at radius 2 is 1.59 bits per heavy atom. The molecule has 0 atom stereocenters. The minimum Gasteiger partial charge on any atom is -0.392 e. The monoisotopic (exact) mass is 306 g/mol. The highest BCUT2D eigenvalue weighted by Gasteiger charge is 2.05. The fraction of sp³-hybridized carbons (Fsp3) is 0.188. The van der Waals surface area contributed by atoms with E-state index in [0.717, 1.165) is 29.3 Å². The first-order valence-electron chi connectivity index (χ1n) is 6.76. The number of hydrogen-bond donors (Lipinski definition) is 3. The summed E-state index contributed by atoms with van der Waals surface area (Å²) in [5.74, 6) is -1.50. The maximum atomic E-state index is 13.0. The molecule has 2 aromatic rings. The van der Waals surface area contributed by atoms with Crippen molar-refractivity contribution in [2.24, 2.45) is 0 Å². The molecule has 4 nitrogen and oxygen atoms in total. The summed E-state index contributed by atoms with van der Waals surface area (Å²) in [6.45, 7) is 0.368. The van der Waals surface area contributed by atoms with Crippen molar-refractivity contribution in [3.05, 3.63) is 65.2 Å². The van der Waals surface area contributed by atoms with Gasteiger partial charge in [-0.1, -0.05) is 24.3 Å². The molecular formula is C16H16F2N2O2. The highest BCUT2D eigenvalue weighted by molar-refractivity contribution is 5.89. The van der Waals surface area contributed by atoms with Gasteiger partial charge in [-0.3, -0.25) is 0 Å². The molecule has 22 heavy (non-hydrogen) atoms. The lowest BCUT2D eigenvalue weighted by molar-refractivity contribution is 0.252. The van der Waals surface area contributed by atoms with E-state index in [9.17, 15) is 13.6 Å². The van der Waals surface area contributed by atoms with Gasteiger partial charge >= 0.3 is 6.03 Å². The molecule has 6 heteroatoms. The number of rotatable bonds is 5. The van der Waals surface area contributed by atoms with Gasteiger partial charge < -0.3 is 15.7 Å². The molecule has 116 valence electrons. The zero-order valence-electron chi connectivity index (χ0n) is 11.8. The Hall–Kier alpha value is -2.47. The second kappa shape index (κ2) is 7.51. The summed E-state index contributed by atoms with van der Waals surface area (Å²) in [6, 6.07) is 9.64. The number of aliphatic hydroxyl groups is 1. The number of carbonyl (C=O) groups is 1. The number of amides is 2. The van der Waals surface area contributed by atoms with Gasteiger partial charge in [0, 0.05) is 18.3 Å². The Bertz CT molecular complexity index is 625. The fourth-order valence-electron chi connectivity index (χ4n) is 1.93. The van der Waals surface area contributed by atoms with Gasteiger partial charge in [0.1, 0.15) is 11.6 Å². The SMILES string of the molecule is O=C(NCCc1ccc(CO)cc1)Nc1cc(F)cc(F)c1. The molecule has 0 fully saturated rings. The van der Waals surface area contributed by atoms with Crippen LogP contribution in [-0.2, 0) is 13.0 Å². The Balaban J connectivity index is 1.79. The molecular weight excluding hydrogens is 290 g/mol. The number of aliphatic hydroxyl groups excluding tert-OH is 1. The van der Waals surface area contributed by atoms with Crippen LogP contribution in [0.4, 0.5) is 19.3 Å². The van der Waals surface area contributed by atoms with E-state index < -0.39 is 17.7 Å². The van der Waals surface area contributed by atoms with Crippen LogP contribution >= 0.6 is 0 Å². The summed E-state index contributed by atoms with van der Waals surface area (Å²) in [4.78, 5) is 11.6. The maximum absolute atomic E-state index is 13.0. The minimum atomic E-state index is -0.751. The summed E-state index contributed by atoms with van der Waals surface area (Å²) in [7, 11) is 0. The second-order valence-corrected chi connectivity index (χ2v) is 4.76. The van der Waals surface area contributed by atoms with Crippen LogP contribution in [0, 0.1) is 11.6 Å². The first-order valence-corrected chi connectivity index (χ1v) is 6.76. The van der Waals surface area contributed by atoms with Gasteiger partial charge in [0.05, 0.1) is 6.61 Å². The predicted molar refractivity (Wildman–Crippen MR) is 79.4 cm³/mol. The Kier molecular flexibility index (Phi) is 5.43. The van der Waals surface area contributed by atoms with Crippen molar-refractivity contribution in [1.82, 2.24) is 5.32 Å². The normalized spacial score (nSPS) is 10.3. The summed E-state index contributed by atoms with van der Waals surface area (Å²) in [6.07, 6.45) is 0.608. The molecule has 0 aliphatic heterocycles. The number of benzene rings is 2. The van der Waals surface area contributed by atoms with E-state index in [1.807, 2.05) is 24.3 Å². The third-order valence-corrected chi connectivity index (χ3v) is 3.03. The first kappa shape index (κ1) is 15.9. The predicted octanol–water partition coefficient (Wildman–Crippen LogP) is 2.82. The smallest absolute Gasteiger partial charge is 0.319 e. The average molecular weight is 306 g/mol. The minimum absolute atomic E-state index is 0.00880. The van der Waals surface area contributed by atoms with Crippen LogP contribution in [0.5, 0.6) is 0 Å². The van der Waals surface area contributed by atoms with Crippen LogP contribution in [-0.4, -0.2) is 17.7 Å². The molecule has 0 unspecified atom stereocenters. The number of nitrogens with one attached hydrogen (secondary N) is 2. The van der Waals surface area contributed by atoms with Gasteiger partial charge in [-0.15, -0.1) is 0 Å². The molecule has 3 N–H and O–H groups in total. The summed E-state index contributed by atoms with van der Waals surface area (Å²) in [5, 5.41) is 13.9. The quantitative estimate of drug-likeness (QED) is 0.795. The highest BCUT2D eigenvalue weighted by Crippen LogP contribution is 2.12.